The Labute approximate surface area is 135 Å². The summed E-state index contributed by atoms with van der Waals surface area (Å²) in [5.74, 6) is 0.621. The Balaban J connectivity index is 2.02. The minimum Gasteiger partial charge on any atom is -0.481 e. The van der Waals surface area contributed by atoms with Crippen molar-refractivity contribution in [3.05, 3.63) is 57.7 Å². The molecule has 0 saturated heterocycles. The van der Waals surface area contributed by atoms with Crippen molar-refractivity contribution < 1.29 is 4.74 Å². The van der Waals surface area contributed by atoms with Crippen LogP contribution in [0.2, 0.25) is 10.0 Å². The zero-order valence-corrected chi connectivity index (χ0v) is 13.6. The predicted octanol–water partition coefficient (Wildman–Crippen LogP) is 4.64. The highest BCUT2D eigenvalue weighted by molar-refractivity contribution is 6.42. The van der Waals surface area contributed by atoms with E-state index >= 15 is 0 Å². The summed E-state index contributed by atoms with van der Waals surface area (Å²) in [7, 11) is 1.61. The van der Waals surface area contributed by atoms with Crippen LogP contribution in [0.3, 0.4) is 0 Å². The molecular formula is C16H18Cl2N2O. The molecular weight excluding hydrogens is 307 g/mol. The van der Waals surface area contributed by atoms with E-state index in [0.29, 0.717) is 15.9 Å². The van der Waals surface area contributed by atoms with Crippen LogP contribution in [0.1, 0.15) is 30.5 Å². The van der Waals surface area contributed by atoms with Gasteiger partial charge in [0.25, 0.3) is 0 Å². The summed E-state index contributed by atoms with van der Waals surface area (Å²) in [6.07, 6.45) is 2.77. The molecule has 0 amide bonds. The molecule has 0 bridgehead atoms. The summed E-state index contributed by atoms with van der Waals surface area (Å²) in [4.78, 5) is 4.20. The molecule has 5 heteroatoms. The zero-order chi connectivity index (χ0) is 15.2. The maximum absolute atomic E-state index is 6.08. The van der Waals surface area contributed by atoms with E-state index in [-0.39, 0.29) is 6.04 Å². The monoisotopic (exact) mass is 324 g/mol. The zero-order valence-electron chi connectivity index (χ0n) is 12.1. The number of nitrogens with zero attached hydrogens (tertiary/aromatic N) is 1. The fourth-order valence-electron chi connectivity index (χ4n) is 2.10. The summed E-state index contributed by atoms with van der Waals surface area (Å²) in [5, 5.41) is 4.67. The molecule has 1 atom stereocenters. The lowest BCUT2D eigenvalue weighted by atomic mass is 10.0. The third-order valence-electron chi connectivity index (χ3n) is 3.31. The molecule has 3 nitrogen and oxygen atoms in total. The Hall–Kier alpha value is -1.29. The number of nitrogens with one attached hydrogen (secondary N) is 1. The van der Waals surface area contributed by atoms with Gasteiger partial charge in [-0.1, -0.05) is 42.3 Å². The van der Waals surface area contributed by atoms with Crippen molar-refractivity contribution in [2.24, 2.45) is 0 Å². The van der Waals surface area contributed by atoms with Gasteiger partial charge in [-0.05, 0) is 29.7 Å². The minimum absolute atomic E-state index is 0.224. The second-order valence-corrected chi connectivity index (χ2v) is 5.54. The predicted molar refractivity (Wildman–Crippen MR) is 87.1 cm³/mol. The first kappa shape index (κ1) is 16.1. The number of halogens is 2. The quantitative estimate of drug-likeness (QED) is 0.840. The van der Waals surface area contributed by atoms with Gasteiger partial charge in [-0.15, -0.1) is 0 Å². The summed E-state index contributed by atoms with van der Waals surface area (Å²) in [6.45, 7) is 2.86. The molecule has 0 fully saturated rings. The van der Waals surface area contributed by atoms with Crippen molar-refractivity contribution in [1.29, 1.82) is 0 Å². The van der Waals surface area contributed by atoms with Crippen LogP contribution in [0.15, 0.2) is 36.5 Å². The lowest BCUT2D eigenvalue weighted by molar-refractivity contribution is 0.397. The molecule has 0 aliphatic heterocycles. The van der Waals surface area contributed by atoms with E-state index in [2.05, 4.69) is 17.2 Å². The standard InChI is InChI=1S/C16H18Cl2N2O/c1-3-15(12-5-6-13(17)14(18)8-12)19-9-11-4-7-16(21-2)20-10-11/h4-8,10,15,19H,3,9H2,1-2H3. The van der Waals surface area contributed by atoms with E-state index in [1.807, 2.05) is 36.5 Å². The Morgan fingerprint density at radius 3 is 2.57 bits per heavy atom. The Morgan fingerprint density at radius 2 is 2.00 bits per heavy atom. The first-order valence-corrected chi connectivity index (χ1v) is 7.57. The average molecular weight is 325 g/mol. The van der Waals surface area contributed by atoms with Crippen LogP contribution in [-0.4, -0.2) is 12.1 Å². The van der Waals surface area contributed by atoms with Crippen LogP contribution in [0.4, 0.5) is 0 Å². The van der Waals surface area contributed by atoms with Crippen LogP contribution >= 0.6 is 23.2 Å². The summed E-state index contributed by atoms with van der Waals surface area (Å²) >= 11 is 12.0. The van der Waals surface area contributed by atoms with Gasteiger partial charge < -0.3 is 10.1 Å². The van der Waals surface area contributed by atoms with E-state index in [1.54, 1.807) is 7.11 Å². The number of hydrogen-bond acceptors (Lipinski definition) is 3. The highest BCUT2D eigenvalue weighted by Gasteiger charge is 2.10. The van der Waals surface area contributed by atoms with Crippen LogP contribution in [0.5, 0.6) is 5.88 Å². The minimum atomic E-state index is 0.224. The fourth-order valence-corrected chi connectivity index (χ4v) is 2.41. The van der Waals surface area contributed by atoms with Gasteiger partial charge in [0.1, 0.15) is 0 Å². The molecule has 1 aromatic heterocycles. The van der Waals surface area contributed by atoms with Crippen LogP contribution < -0.4 is 10.1 Å². The van der Waals surface area contributed by atoms with Crippen LogP contribution in [-0.2, 0) is 6.54 Å². The van der Waals surface area contributed by atoms with Crippen LogP contribution in [0, 0.1) is 0 Å². The number of rotatable bonds is 6. The topological polar surface area (TPSA) is 34.1 Å². The Kier molecular flexibility index (Phi) is 5.85. The smallest absolute Gasteiger partial charge is 0.212 e. The van der Waals surface area contributed by atoms with E-state index in [9.17, 15) is 0 Å². The molecule has 0 spiro atoms. The van der Waals surface area contributed by atoms with Crippen molar-refractivity contribution in [2.75, 3.05) is 7.11 Å². The number of hydrogen-bond donors (Lipinski definition) is 1. The average Bonchev–Trinajstić information content (AvgIpc) is 2.52. The first-order valence-electron chi connectivity index (χ1n) is 6.81. The van der Waals surface area contributed by atoms with Gasteiger partial charge in [0.05, 0.1) is 17.2 Å². The third-order valence-corrected chi connectivity index (χ3v) is 4.05. The molecule has 21 heavy (non-hydrogen) atoms. The second kappa shape index (κ2) is 7.64. The van der Waals surface area contributed by atoms with Gasteiger partial charge in [0, 0.05) is 24.8 Å². The van der Waals surface area contributed by atoms with Crippen molar-refractivity contribution in [3.8, 4) is 5.88 Å². The molecule has 112 valence electrons. The highest BCUT2D eigenvalue weighted by Crippen LogP contribution is 2.27. The molecule has 1 aromatic carbocycles. The maximum atomic E-state index is 6.08. The van der Waals surface area contributed by atoms with Gasteiger partial charge in [-0.2, -0.15) is 0 Å². The normalized spacial score (nSPS) is 12.2. The van der Waals surface area contributed by atoms with Gasteiger partial charge in [0.2, 0.25) is 5.88 Å². The molecule has 0 aliphatic rings. The van der Waals surface area contributed by atoms with E-state index in [1.165, 1.54) is 0 Å². The molecule has 0 aliphatic carbocycles. The lowest BCUT2D eigenvalue weighted by Crippen LogP contribution is -2.20. The summed E-state index contributed by atoms with van der Waals surface area (Å²) in [5.41, 5.74) is 2.24. The highest BCUT2D eigenvalue weighted by atomic mass is 35.5. The van der Waals surface area contributed by atoms with Gasteiger partial charge in [-0.25, -0.2) is 4.98 Å². The largest absolute Gasteiger partial charge is 0.481 e. The lowest BCUT2D eigenvalue weighted by Gasteiger charge is -2.18. The summed E-state index contributed by atoms with van der Waals surface area (Å²) < 4.78 is 5.05. The van der Waals surface area contributed by atoms with E-state index in [4.69, 9.17) is 27.9 Å². The SMILES string of the molecule is CCC(NCc1ccc(OC)nc1)c1ccc(Cl)c(Cl)c1. The van der Waals surface area contributed by atoms with Crippen LogP contribution in [0.25, 0.3) is 0 Å². The molecule has 0 radical (unpaired) electrons. The molecule has 2 aromatic rings. The summed E-state index contributed by atoms with van der Waals surface area (Å²) in [6, 6.07) is 9.83. The number of methoxy groups -OCH3 is 1. The Bertz CT molecular complexity index is 587. The van der Waals surface area contributed by atoms with Crippen molar-refractivity contribution >= 4 is 23.2 Å². The van der Waals surface area contributed by atoms with Gasteiger partial charge in [-0.3, -0.25) is 0 Å². The molecule has 2 rings (SSSR count). The number of pyridine rings is 1. The molecule has 0 saturated carbocycles. The van der Waals surface area contributed by atoms with Crippen molar-refractivity contribution in [2.45, 2.75) is 25.9 Å². The molecule has 1 unspecified atom stereocenters. The second-order valence-electron chi connectivity index (χ2n) is 4.72. The third kappa shape index (κ3) is 4.34. The molecule has 1 heterocycles. The van der Waals surface area contributed by atoms with Gasteiger partial charge >= 0.3 is 0 Å². The fraction of sp³-hybridized carbons (Fsp3) is 0.312. The first-order chi connectivity index (χ1) is 10.1. The maximum Gasteiger partial charge on any atom is 0.212 e. The number of ether oxygens (including phenoxy) is 1. The molecule has 1 N–H and O–H groups in total. The van der Waals surface area contributed by atoms with Gasteiger partial charge in [0.15, 0.2) is 0 Å². The number of benzene rings is 1. The Morgan fingerprint density at radius 1 is 1.19 bits per heavy atom. The van der Waals surface area contributed by atoms with Crippen molar-refractivity contribution in [3.63, 3.8) is 0 Å². The number of aromatic nitrogens is 1. The van der Waals surface area contributed by atoms with Crippen molar-refractivity contribution in [1.82, 2.24) is 10.3 Å². The van der Waals surface area contributed by atoms with E-state index in [0.717, 1.165) is 24.1 Å². The van der Waals surface area contributed by atoms with E-state index < -0.39 is 0 Å².